The molecule has 0 aliphatic rings. The third-order valence-corrected chi connectivity index (χ3v) is 3.97. The van der Waals surface area contributed by atoms with E-state index in [1.807, 2.05) is 44.3 Å². The Kier molecular flexibility index (Phi) is 5.15. The zero-order valence-corrected chi connectivity index (χ0v) is 13.0. The van der Waals surface area contributed by atoms with E-state index in [-0.39, 0.29) is 5.91 Å². The highest BCUT2D eigenvalue weighted by Gasteiger charge is 2.14. The summed E-state index contributed by atoms with van der Waals surface area (Å²) in [5.41, 5.74) is 7.67. The van der Waals surface area contributed by atoms with Gasteiger partial charge in [0.1, 0.15) is 0 Å². The predicted molar refractivity (Wildman–Crippen MR) is 87.2 cm³/mol. The number of benzene rings is 1. The van der Waals surface area contributed by atoms with Crippen LogP contribution < -0.4 is 5.73 Å². The first-order valence-electron chi connectivity index (χ1n) is 6.70. The Balaban J connectivity index is 2.07. The van der Waals surface area contributed by atoms with Crippen LogP contribution in [0.15, 0.2) is 36.4 Å². The molecule has 21 heavy (non-hydrogen) atoms. The third kappa shape index (κ3) is 4.19. The van der Waals surface area contributed by atoms with Crippen molar-refractivity contribution >= 4 is 17.2 Å². The topological polar surface area (TPSA) is 46.3 Å². The highest BCUT2D eigenvalue weighted by molar-refractivity contribution is 7.14. The van der Waals surface area contributed by atoms with Crippen LogP contribution in [0.5, 0.6) is 0 Å². The van der Waals surface area contributed by atoms with Crippen LogP contribution in [-0.4, -0.2) is 24.4 Å². The van der Waals surface area contributed by atoms with Crippen LogP contribution in [0.1, 0.15) is 25.7 Å². The summed E-state index contributed by atoms with van der Waals surface area (Å²) in [5, 5.41) is 0. The molecule has 108 valence electrons. The van der Waals surface area contributed by atoms with Crippen molar-refractivity contribution in [3.05, 3.63) is 57.3 Å². The Morgan fingerprint density at radius 3 is 2.86 bits per heavy atom. The fraction of sp³-hybridized carbons (Fsp3) is 0.235. The number of nitrogens with two attached hydrogens (primary N) is 1. The maximum atomic E-state index is 12.4. The van der Waals surface area contributed by atoms with Gasteiger partial charge in [0.25, 0.3) is 5.91 Å². The van der Waals surface area contributed by atoms with Gasteiger partial charge in [0.15, 0.2) is 0 Å². The van der Waals surface area contributed by atoms with Crippen molar-refractivity contribution in [1.29, 1.82) is 0 Å². The average molecular weight is 298 g/mol. The SMILES string of the molecule is Cc1cccc(CN(C)C(=O)c2ccc(C#CCN)s2)c1. The summed E-state index contributed by atoms with van der Waals surface area (Å²) in [6.45, 7) is 2.98. The molecule has 3 nitrogen and oxygen atoms in total. The summed E-state index contributed by atoms with van der Waals surface area (Å²) >= 11 is 1.40. The summed E-state index contributed by atoms with van der Waals surface area (Å²) in [4.78, 5) is 15.7. The molecule has 0 fully saturated rings. The van der Waals surface area contributed by atoms with Gasteiger partial charge in [-0.3, -0.25) is 4.79 Å². The molecule has 0 aliphatic heterocycles. The van der Waals surface area contributed by atoms with Gasteiger partial charge in [-0.25, -0.2) is 0 Å². The summed E-state index contributed by atoms with van der Waals surface area (Å²) < 4.78 is 0. The molecule has 0 unspecified atom stereocenters. The normalized spacial score (nSPS) is 9.86. The predicted octanol–water partition coefficient (Wildman–Crippen LogP) is 2.64. The van der Waals surface area contributed by atoms with Crippen LogP contribution in [0, 0.1) is 18.8 Å². The molecule has 1 amide bonds. The smallest absolute Gasteiger partial charge is 0.264 e. The Morgan fingerprint density at radius 2 is 2.14 bits per heavy atom. The second-order valence-corrected chi connectivity index (χ2v) is 5.90. The van der Waals surface area contributed by atoms with E-state index < -0.39 is 0 Å². The molecule has 0 atom stereocenters. The minimum atomic E-state index is 0.0160. The van der Waals surface area contributed by atoms with Crippen molar-refractivity contribution in [2.24, 2.45) is 5.73 Å². The number of nitrogens with zero attached hydrogens (tertiary/aromatic N) is 1. The lowest BCUT2D eigenvalue weighted by Gasteiger charge is -2.16. The number of carbonyl (C=O) groups excluding carboxylic acids is 1. The van der Waals surface area contributed by atoms with Gasteiger partial charge in [-0.05, 0) is 24.6 Å². The summed E-state index contributed by atoms with van der Waals surface area (Å²) in [7, 11) is 1.82. The fourth-order valence-electron chi connectivity index (χ4n) is 2.00. The van der Waals surface area contributed by atoms with Crippen molar-refractivity contribution in [2.75, 3.05) is 13.6 Å². The second kappa shape index (κ2) is 7.07. The number of hydrogen-bond donors (Lipinski definition) is 1. The van der Waals surface area contributed by atoms with Gasteiger partial charge in [0, 0.05) is 13.6 Å². The minimum absolute atomic E-state index is 0.0160. The number of amides is 1. The van der Waals surface area contributed by atoms with Crippen molar-refractivity contribution in [3.63, 3.8) is 0 Å². The summed E-state index contributed by atoms with van der Waals surface area (Å²) in [5.74, 6) is 5.76. The molecular weight excluding hydrogens is 280 g/mol. The monoisotopic (exact) mass is 298 g/mol. The fourth-order valence-corrected chi connectivity index (χ4v) is 2.88. The van der Waals surface area contributed by atoms with Crippen molar-refractivity contribution < 1.29 is 4.79 Å². The summed E-state index contributed by atoms with van der Waals surface area (Å²) in [6.07, 6.45) is 0. The quantitative estimate of drug-likeness (QED) is 0.886. The maximum absolute atomic E-state index is 12.4. The standard InChI is InChI=1S/C17H18N2OS/c1-13-5-3-6-14(11-13)12-19(2)17(20)16-9-8-15(21-16)7-4-10-18/h3,5-6,8-9,11H,10,12,18H2,1-2H3. The number of hydrogen-bond acceptors (Lipinski definition) is 3. The molecular formula is C17H18N2OS. The number of aryl methyl sites for hydroxylation is 1. The van der Waals surface area contributed by atoms with Gasteiger partial charge >= 0.3 is 0 Å². The highest BCUT2D eigenvalue weighted by Crippen LogP contribution is 2.18. The Hall–Kier alpha value is -2.09. The molecule has 1 aromatic heterocycles. The first-order valence-corrected chi connectivity index (χ1v) is 7.51. The van der Waals surface area contributed by atoms with Gasteiger partial charge in [-0.1, -0.05) is 41.7 Å². The molecule has 0 spiro atoms. The molecule has 0 aliphatic carbocycles. The first kappa shape index (κ1) is 15.3. The Labute approximate surface area is 129 Å². The Morgan fingerprint density at radius 1 is 1.33 bits per heavy atom. The molecule has 2 rings (SSSR count). The number of carbonyl (C=O) groups is 1. The van der Waals surface area contributed by atoms with Gasteiger partial charge in [-0.15, -0.1) is 11.3 Å². The molecule has 4 heteroatoms. The Bertz CT molecular complexity index is 694. The molecule has 0 saturated heterocycles. The molecule has 1 aromatic carbocycles. The van der Waals surface area contributed by atoms with Gasteiger partial charge in [-0.2, -0.15) is 0 Å². The van der Waals surface area contributed by atoms with E-state index in [4.69, 9.17) is 5.73 Å². The van der Waals surface area contributed by atoms with Gasteiger partial charge in [0.05, 0.1) is 16.3 Å². The lowest BCUT2D eigenvalue weighted by molar-refractivity contribution is 0.0790. The van der Waals surface area contributed by atoms with Crippen LogP contribution in [0.3, 0.4) is 0 Å². The van der Waals surface area contributed by atoms with E-state index in [9.17, 15) is 4.79 Å². The lowest BCUT2D eigenvalue weighted by Crippen LogP contribution is -2.25. The minimum Gasteiger partial charge on any atom is -0.337 e. The van der Waals surface area contributed by atoms with Crippen LogP contribution >= 0.6 is 11.3 Å². The van der Waals surface area contributed by atoms with E-state index in [0.717, 1.165) is 10.4 Å². The van der Waals surface area contributed by atoms with E-state index in [1.165, 1.54) is 16.9 Å². The van der Waals surface area contributed by atoms with E-state index >= 15 is 0 Å². The summed E-state index contributed by atoms with van der Waals surface area (Å²) in [6, 6.07) is 11.9. The van der Waals surface area contributed by atoms with Crippen molar-refractivity contribution in [3.8, 4) is 11.8 Å². The van der Waals surface area contributed by atoms with Crippen LogP contribution in [-0.2, 0) is 6.54 Å². The molecule has 2 N–H and O–H groups in total. The average Bonchev–Trinajstić information content (AvgIpc) is 2.93. The van der Waals surface area contributed by atoms with Gasteiger partial charge in [0.2, 0.25) is 0 Å². The zero-order valence-electron chi connectivity index (χ0n) is 12.2. The molecule has 0 saturated carbocycles. The zero-order chi connectivity index (χ0) is 15.2. The van der Waals surface area contributed by atoms with Crippen LogP contribution in [0.2, 0.25) is 0 Å². The largest absolute Gasteiger partial charge is 0.337 e. The number of thiophene rings is 1. The first-order chi connectivity index (χ1) is 10.1. The van der Waals surface area contributed by atoms with Crippen LogP contribution in [0.4, 0.5) is 0 Å². The molecule has 0 radical (unpaired) electrons. The molecule has 0 bridgehead atoms. The molecule has 1 heterocycles. The molecule has 2 aromatic rings. The van der Waals surface area contributed by atoms with Gasteiger partial charge < -0.3 is 10.6 Å². The second-order valence-electron chi connectivity index (χ2n) is 4.82. The number of rotatable bonds is 3. The maximum Gasteiger partial charge on any atom is 0.264 e. The van der Waals surface area contributed by atoms with E-state index in [0.29, 0.717) is 18.0 Å². The van der Waals surface area contributed by atoms with E-state index in [1.54, 1.807) is 4.90 Å². The highest BCUT2D eigenvalue weighted by atomic mass is 32.1. The van der Waals surface area contributed by atoms with Crippen LogP contribution in [0.25, 0.3) is 0 Å². The van der Waals surface area contributed by atoms with Crippen molar-refractivity contribution in [1.82, 2.24) is 4.90 Å². The lowest BCUT2D eigenvalue weighted by atomic mass is 10.1. The van der Waals surface area contributed by atoms with E-state index in [2.05, 4.69) is 17.9 Å². The third-order valence-electron chi connectivity index (χ3n) is 2.98. The van der Waals surface area contributed by atoms with Crippen molar-refractivity contribution in [2.45, 2.75) is 13.5 Å².